The predicted octanol–water partition coefficient (Wildman–Crippen LogP) is 2.72. The number of aliphatic hydroxyl groups is 1. The van der Waals surface area contributed by atoms with Crippen molar-refractivity contribution in [3.05, 3.63) is 51.6 Å². The van der Waals surface area contributed by atoms with Gasteiger partial charge in [0.2, 0.25) is 11.2 Å². The van der Waals surface area contributed by atoms with Crippen LogP contribution in [0.25, 0.3) is 0 Å². The second-order valence-corrected chi connectivity index (χ2v) is 6.55. The Morgan fingerprint density at radius 2 is 2.00 bits per heavy atom. The highest BCUT2D eigenvalue weighted by Crippen LogP contribution is 2.42. The number of rotatable bonds is 9. The summed E-state index contributed by atoms with van der Waals surface area (Å²) in [7, 11) is 1.48. The van der Waals surface area contributed by atoms with Gasteiger partial charge in [0.25, 0.3) is 0 Å². The number of benzene rings is 1. The highest BCUT2D eigenvalue weighted by atomic mass is 16.5. The zero-order chi connectivity index (χ0) is 21.6. The van der Waals surface area contributed by atoms with E-state index in [9.17, 15) is 19.8 Å². The molecule has 2 N–H and O–H groups in total. The van der Waals surface area contributed by atoms with Crippen LogP contribution in [-0.2, 0) is 16.1 Å². The lowest BCUT2D eigenvalue weighted by molar-refractivity contribution is -0.143. The van der Waals surface area contributed by atoms with Crippen molar-refractivity contribution in [1.82, 2.24) is 0 Å². The summed E-state index contributed by atoms with van der Waals surface area (Å²) in [6.45, 7) is 4.98. The molecule has 8 heteroatoms. The minimum atomic E-state index is -0.905. The van der Waals surface area contributed by atoms with Crippen LogP contribution in [0.5, 0.6) is 17.2 Å². The van der Waals surface area contributed by atoms with Gasteiger partial charge in [0.05, 0.1) is 32.2 Å². The van der Waals surface area contributed by atoms with E-state index in [4.69, 9.17) is 18.6 Å². The molecular weight excluding hydrogens is 380 g/mol. The van der Waals surface area contributed by atoms with Gasteiger partial charge in [-0.3, -0.25) is 9.59 Å². The minimum absolute atomic E-state index is 0.0362. The maximum Gasteiger partial charge on any atom is 0.306 e. The maximum atomic E-state index is 12.3. The Hall–Kier alpha value is -3.00. The van der Waals surface area contributed by atoms with Crippen LogP contribution in [0.15, 0.2) is 33.5 Å². The van der Waals surface area contributed by atoms with Crippen molar-refractivity contribution in [3.63, 3.8) is 0 Å². The van der Waals surface area contributed by atoms with Crippen LogP contribution in [-0.4, -0.2) is 36.0 Å². The van der Waals surface area contributed by atoms with Crippen LogP contribution < -0.4 is 14.9 Å². The van der Waals surface area contributed by atoms with Crippen molar-refractivity contribution in [2.24, 2.45) is 0 Å². The molecule has 2 rings (SSSR count). The second-order valence-electron chi connectivity index (χ2n) is 6.55. The second kappa shape index (κ2) is 9.97. The fraction of sp³-hybridized carbons (Fsp3) is 0.429. The van der Waals surface area contributed by atoms with Gasteiger partial charge >= 0.3 is 5.97 Å². The quantitative estimate of drug-likeness (QED) is 0.611. The van der Waals surface area contributed by atoms with E-state index in [2.05, 4.69) is 0 Å². The van der Waals surface area contributed by atoms with Gasteiger partial charge in [-0.15, -0.1) is 0 Å². The van der Waals surface area contributed by atoms with Crippen LogP contribution >= 0.6 is 0 Å². The van der Waals surface area contributed by atoms with Crippen molar-refractivity contribution >= 4 is 5.97 Å². The molecule has 0 aliphatic heterocycles. The minimum Gasteiger partial charge on any atom is -0.502 e. The fourth-order valence-electron chi connectivity index (χ4n) is 2.93. The van der Waals surface area contributed by atoms with Crippen LogP contribution in [0.4, 0.5) is 0 Å². The summed E-state index contributed by atoms with van der Waals surface area (Å²) in [5, 5.41) is 19.8. The summed E-state index contributed by atoms with van der Waals surface area (Å²) < 4.78 is 21.9. The van der Waals surface area contributed by atoms with E-state index in [0.29, 0.717) is 17.1 Å². The number of esters is 1. The fourth-order valence-corrected chi connectivity index (χ4v) is 2.93. The Balaban J connectivity index is 2.72. The zero-order valence-electron chi connectivity index (χ0n) is 16.9. The molecule has 1 aromatic carbocycles. The van der Waals surface area contributed by atoms with E-state index in [-0.39, 0.29) is 30.7 Å². The monoisotopic (exact) mass is 406 g/mol. The number of carbonyl (C=O) groups excluding carboxylic acids is 1. The Bertz CT molecular complexity index is 900. The van der Waals surface area contributed by atoms with Gasteiger partial charge < -0.3 is 28.8 Å². The molecule has 0 amide bonds. The molecule has 1 atom stereocenters. The molecule has 0 aliphatic rings. The Morgan fingerprint density at radius 3 is 2.59 bits per heavy atom. The molecule has 158 valence electrons. The van der Waals surface area contributed by atoms with Gasteiger partial charge in [0.15, 0.2) is 17.3 Å². The van der Waals surface area contributed by atoms with Gasteiger partial charge in [-0.25, -0.2) is 0 Å². The molecule has 0 saturated carbocycles. The number of carbonyl (C=O) groups is 1. The third kappa shape index (κ3) is 5.29. The van der Waals surface area contributed by atoms with Crippen molar-refractivity contribution in [1.29, 1.82) is 0 Å². The topological polar surface area (TPSA) is 115 Å². The SMILES string of the molecule is CCOC(=O)CC(c1cccc(OC)c1OC(C)C)c1oc(CO)cc(=O)c1O. The number of para-hydroxylation sites is 1. The number of aromatic hydroxyl groups is 1. The van der Waals surface area contributed by atoms with E-state index in [0.717, 1.165) is 6.07 Å². The molecule has 1 unspecified atom stereocenters. The Morgan fingerprint density at radius 1 is 1.28 bits per heavy atom. The molecule has 2 aromatic rings. The van der Waals surface area contributed by atoms with E-state index in [1.165, 1.54) is 7.11 Å². The van der Waals surface area contributed by atoms with E-state index >= 15 is 0 Å². The highest BCUT2D eigenvalue weighted by molar-refractivity contribution is 5.72. The van der Waals surface area contributed by atoms with E-state index in [1.54, 1.807) is 25.1 Å². The summed E-state index contributed by atoms with van der Waals surface area (Å²) in [4.78, 5) is 24.5. The molecule has 0 radical (unpaired) electrons. The number of aliphatic hydroxyl groups excluding tert-OH is 1. The van der Waals surface area contributed by atoms with Crippen LogP contribution in [0, 0.1) is 0 Å². The van der Waals surface area contributed by atoms with E-state index in [1.807, 2.05) is 13.8 Å². The molecule has 0 saturated heterocycles. The van der Waals surface area contributed by atoms with Gasteiger partial charge in [-0.2, -0.15) is 0 Å². The Kier molecular flexibility index (Phi) is 7.67. The summed E-state index contributed by atoms with van der Waals surface area (Å²) in [6.07, 6.45) is -0.432. The lowest BCUT2D eigenvalue weighted by Crippen LogP contribution is -2.17. The number of methoxy groups -OCH3 is 1. The number of hydrogen-bond acceptors (Lipinski definition) is 8. The average Bonchev–Trinajstić information content (AvgIpc) is 2.68. The first-order valence-electron chi connectivity index (χ1n) is 9.28. The molecular formula is C21H26O8. The lowest BCUT2D eigenvalue weighted by Gasteiger charge is -2.23. The van der Waals surface area contributed by atoms with E-state index < -0.39 is 29.7 Å². The van der Waals surface area contributed by atoms with Crippen molar-refractivity contribution in [2.45, 2.75) is 45.8 Å². The number of hydrogen-bond donors (Lipinski definition) is 2. The first-order valence-corrected chi connectivity index (χ1v) is 9.28. The molecule has 0 bridgehead atoms. The number of ether oxygens (including phenoxy) is 3. The van der Waals surface area contributed by atoms with Crippen LogP contribution in [0.2, 0.25) is 0 Å². The highest BCUT2D eigenvalue weighted by Gasteiger charge is 2.30. The Labute approximate surface area is 168 Å². The van der Waals surface area contributed by atoms with Crippen molar-refractivity contribution < 1.29 is 33.6 Å². The largest absolute Gasteiger partial charge is 0.502 e. The van der Waals surface area contributed by atoms with Crippen molar-refractivity contribution in [2.75, 3.05) is 13.7 Å². The molecule has 8 nitrogen and oxygen atoms in total. The third-order valence-electron chi connectivity index (χ3n) is 4.11. The standard InChI is InChI=1S/C21H26O8/c1-5-27-18(24)10-15(21-19(25)16(23)9-13(11-22)29-21)14-7-6-8-17(26-4)20(14)28-12(2)3/h6-9,12,15,22,25H,5,10-11H2,1-4H3. The van der Waals surface area contributed by atoms with Gasteiger partial charge in [0.1, 0.15) is 12.4 Å². The molecule has 0 aliphatic carbocycles. The maximum absolute atomic E-state index is 12.3. The molecule has 29 heavy (non-hydrogen) atoms. The molecule has 0 spiro atoms. The van der Waals surface area contributed by atoms with Crippen molar-refractivity contribution in [3.8, 4) is 17.2 Å². The van der Waals surface area contributed by atoms with Gasteiger partial charge in [-0.05, 0) is 26.8 Å². The predicted molar refractivity (Wildman–Crippen MR) is 104 cm³/mol. The summed E-state index contributed by atoms with van der Waals surface area (Å²) in [5.41, 5.74) is -0.252. The first-order chi connectivity index (χ1) is 13.8. The molecule has 1 aromatic heterocycles. The zero-order valence-corrected chi connectivity index (χ0v) is 16.9. The normalized spacial score (nSPS) is 11.9. The van der Waals surface area contributed by atoms with Gasteiger partial charge in [0, 0.05) is 11.6 Å². The van der Waals surface area contributed by atoms with Crippen LogP contribution in [0.3, 0.4) is 0 Å². The average molecular weight is 406 g/mol. The summed E-state index contributed by atoms with van der Waals surface area (Å²) in [6, 6.07) is 6.08. The first kappa shape index (κ1) is 22.3. The third-order valence-corrected chi connectivity index (χ3v) is 4.11. The molecule has 1 heterocycles. The molecule has 0 fully saturated rings. The van der Waals surface area contributed by atoms with Crippen LogP contribution in [0.1, 0.15) is 50.2 Å². The summed E-state index contributed by atoms with van der Waals surface area (Å²) in [5.74, 6) is -1.51. The van der Waals surface area contributed by atoms with Gasteiger partial charge in [-0.1, -0.05) is 12.1 Å². The smallest absolute Gasteiger partial charge is 0.306 e. The summed E-state index contributed by atoms with van der Waals surface area (Å²) >= 11 is 0. The lowest BCUT2D eigenvalue weighted by atomic mass is 9.91.